The molecule has 0 spiro atoms. The summed E-state index contributed by atoms with van der Waals surface area (Å²) >= 11 is 0. The number of carboxylic acids is 1. The molecule has 0 aliphatic carbocycles. The van der Waals surface area contributed by atoms with E-state index in [2.05, 4.69) is 5.32 Å². The third-order valence-corrected chi connectivity index (χ3v) is 4.81. The summed E-state index contributed by atoms with van der Waals surface area (Å²) < 4.78 is 10.4. The van der Waals surface area contributed by atoms with Gasteiger partial charge in [-0.25, -0.2) is 0 Å². The largest absolute Gasteiger partial charge is 0.481 e. The van der Waals surface area contributed by atoms with Gasteiger partial charge in [0.05, 0.1) is 19.6 Å². The van der Waals surface area contributed by atoms with Crippen molar-refractivity contribution in [2.24, 2.45) is 0 Å². The number of ether oxygens (including phenoxy) is 2. The number of carboxylic acid groups (broad SMARTS) is 1. The van der Waals surface area contributed by atoms with Gasteiger partial charge in [-0.05, 0) is 18.4 Å². The molecule has 2 N–H and O–H groups in total. The molecule has 1 rings (SSSR count). The maximum atomic E-state index is 11.7. The second kappa shape index (κ2) is 18.4. The minimum Gasteiger partial charge on any atom is -0.481 e. The summed E-state index contributed by atoms with van der Waals surface area (Å²) in [5.74, 6) is -1.00. The predicted molar refractivity (Wildman–Crippen MR) is 118 cm³/mol. The van der Waals surface area contributed by atoms with E-state index in [1.807, 2.05) is 30.3 Å². The number of unbranched alkanes of at least 4 members (excludes halogenated alkanes) is 7. The number of benzene rings is 1. The van der Waals surface area contributed by atoms with Gasteiger partial charge < -0.3 is 19.9 Å². The molecule has 0 saturated carbocycles. The summed E-state index contributed by atoms with van der Waals surface area (Å²) in [6.07, 6.45) is 9.33. The molecule has 0 saturated heterocycles. The number of hydrogen-bond donors (Lipinski definition) is 2. The first-order chi connectivity index (χ1) is 15.1. The standard InChI is InChI=1S/C24H37NO6/c26-22(25-17-19-30-18-16-23(27)28)14-10-5-3-1-2-4-6-11-15-24(29)31-20-21-12-8-7-9-13-21/h7-9,12-13H,1-6,10-11,14-20H2,(H,25,26)(H,27,28). The van der Waals surface area contributed by atoms with Crippen LogP contribution in [0.3, 0.4) is 0 Å². The molecule has 7 heteroatoms. The average molecular weight is 436 g/mol. The van der Waals surface area contributed by atoms with Gasteiger partial charge in [0.1, 0.15) is 6.61 Å². The SMILES string of the molecule is O=C(O)CCOCCNC(=O)CCCCCCCCCCC(=O)OCc1ccccc1. The Hall–Kier alpha value is -2.41. The summed E-state index contributed by atoms with van der Waals surface area (Å²) in [5.41, 5.74) is 1.01. The minimum atomic E-state index is -0.886. The molecule has 0 radical (unpaired) electrons. The number of carbonyl (C=O) groups is 3. The van der Waals surface area contributed by atoms with Gasteiger partial charge in [0, 0.05) is 19.4 Å². The van der Waals surface area contributed by atoms with Crippen LogP contribution >= 0.6 is 0 Å². The van der Waals surface area contributed by atoms with E-state index in [1.165, 1.54) is 0 Å². The third kappa shape index (κ3) is 17.0. The molecule has 1 aromatic rings. The number of nitrogens with one attached hydrogen (secondary N) is 1. The lowest BCUT2D eigenvalue weighted by Crippen LogP contribution is -2.27. The molecule has 0 aliphatic rings. The zero-order valence-corrected chi connectivity index (χ0v) is 18.5. The predicted octanol–water partition coefficient (Wildman–Crippen LogP) is 4.24. The van der Waals surface area contributed by atoms with Crippen molar-refractivity contribution in [3.05, 3.63) is 35.9 Å². The van der Waals surface area contributed by atoms with Crippen molar-refractivity contribution in [2.45, 2.75) is 77.2 Å². The van der Waals surface area contributed by atoms with Gasteiger partial charge in [0.2, 0.25) is 5.91 Å². The third-order valence-electron chi connectivity index (χ3n) is 4.81. The molecule has 31 heavy (non-hydrogen) atoms. The first-order valence-corrected chi connectivity index (χ1v) is 11.3. The van der Waals surface area contributed by atoms with Gasteiger partial charge in [-0.3, -0.25) is 14.4 Å². The Morgan fingerprint density at radius 2 is 1.39 bits per heavy atom. The maximum Gasteiger partial charge on any atom is 0.306 e. The molecule has 0 aliphatic heterocycles. The van der Waals surface area contributed by atoms with Crippen LogP contribution in [0, 0.1) is 0 Å². The Kier molecular flexibility index (Phi) is 15.8. The maximum absolute atomic E-state index is 11.7. The fourth-order valence-electron chi connectivity index (χ4n) is 3.04. The molecule has 0 unspecified atom stereocenters. The van der Waals surface area contributed by atoms with E-state index in [1.54, 1.807) is 0 Å². The Labute approximate surface area is 185 Å². The summed E-state index contributed by atoms with van der Waals surface area (Å²) in [7, 11) is 0. The van der Waals surface area contributed by atoms with Crippen LogP contribution in [0.5, 0.6) is 0 Å². The smallest absolute Gasteiger partial charge is 0.306 e. The highest BCUT2D eigenvalue weighted by molar-refractivity contribution is 5.75. The second-order valence-electron chi connectivity index (χ2n) is 7.58. The van der Waals surface area contributed by atoms with Crippen LogP contribution in [0.4, 0.5) is 0 Å². The van der Waals surface area contributed by atoms with Crippen molar-refractivity contribution in [3.63, 3.8) is 0 Å². The first kappa shape index (κ1) is 26.6. The van der Waals surface area contributed by atoms with Gasteiger partial charge in [-0.15, -0.1) is 0 Å². The molecule has 0 fully saturated rings. The lowest BCUT2D eigenvalue weighted by atomic mass is 10.1. The monoisotopic (exact) mass is 435 g/mol. The van der Waals surface area contributed by atoms with E-state index in [0.29, 0.717) is 32.6 Å². The zero-order valence-electron chi connectivity index (χ0n) is 18.5. The molecule has 1 aromatic carbocycles. The van der Waals surface area contributed by atoms with Gasteiger partial charge in [-0.2, -0.15) is 0 Å². The topological polar surface area (TPSA) is 102 Å². The van der Waals surface area contributed by atoms with Crippen LogP contribution in [-0.2, 0) is 30.5 Å². The van der Waals surface area contributed by atoms with Gasteiger partial charge in [0.15, 0.2) is 0 Å². The number of amides is 1. The van der Waals surface area contributed by atoms with Crippen LogP contribution in [0.15, 0.2) is 30.3 Å². The first-order valence-electron chi connectivity index (χ1n) is 11.3. The number of carbonyl (C=O) groups excluding carboxylic acids is 2. The van der Waals surface area contributed by atoms with E-state index in [4.69, 9.17) is 14.6 Å². The van der Waals surface area contributed by atoms with Crippen LogP contribution in [0.2, 0.25) is 0 Å². The molecule has 0 aromatic heterocycles. The fraction of sp³-hybridized carbons (Fsp3) is 0.625. The number of rotatable bonds is 19. The van der Waals surface area contributed by atoms with E-state index >= 15 is 0 Å². The van der Waals surface area contributed by atoms with Crippen LogP contribution < -0.4 is 5.32 Å². The highest BCUT2D eigenvalue weighted by Gasteiger charge is 2.04. The molecule has 0 atom stereocenters. The Bertz CT molecular complexity index is 620. The van der Waals surface area contributed by atoms with Crippen molar-refractivity contribution in [1.82, 2.24) is 5.32 Å². The van der Waals surface area contributed by atoms with E-state index in [0.717, 1.165) is 56.9 Å². The van der Waals surface area contributed by atoms with Crippen molar-refractivity contribution in [1.29, 1.82) is 0 Å². The summed E-state index contributed by atoms with van der Waals surface area (Å²) in [5, 5.41) is 11.2. The van der Waals surface area contributed by atoms with Gasteiger partial charge in [-0.1, -0.05) is 68.9 Å². The molecular formula is C24H37NO6. The lowest BCUT2D eigenvalue weighted by Gasteiger charge is -2.06. The molecular weight excluding hydrogens is 398 g/mol. The van der Waals surface area contributed by atoms with Crippen molar-refractivity contribution >= 4 is 17.8 Å². The Morgan fingerprint density at radius 3 is 2.03 bits per heavy atom. The van der Waals surface area contributed by atoms with E-state index in [-0.39, 0.29) is 24.9 Å². The number of aliphatic carboxylic acids is 1. The number of hydrogen-bond acceptors (Lipinski definition) is 5. The van der Waals surface area contributed by atoms with Gasteiger partial charge in [0.25, 0.3) is 0 Å². The highest BCUT2D eigenvalue weighted by atomic mass is 16.5. The Morgan fingerprint density at radius 1 is 0.774 bits per heavy atom. The molecule has 0 bridgehead atoms. The minimum absolute atomic E-state index is 0.0148. The van der Waals surface area contributed by atoms with Crippen molar-refractivity contribution in [3.8, 4) is 0 Å². The summed E-state index contributed by atoms with van der Waals surface area (Å²) in [6, 6.07) is 9.70. The second-order valence-corrected chi connectivity index (χ2v) is 7.58. The summed E-state index contributed by atoms with van der Waals surface area (Å²) in [4.78, 5) is 33.7. The average Bonchev–Trinajstić information content (AvgIpc) is 2.76. The molecule has 174 valence electrons. The highest BCUT2D eigenvalue weighted by Crippen LogP contribution is 2.11. The van der Waals surface area contributed by atoms with Crippen LogP contribution in [0.1, 0.15) is 76.2 Å². The van der Waals surface area contributed by atoms with E-state index < -0.39 is 5.97 Å². The molecule has 0 heterocycles. The fourth-order valence-corrected chi connectivity index (χ4v) is 3.04. The van der Waals surface area contributed by atoms with Gasteiger partial charge >= 0.3 is 11.9 Å². The van der Waals surface area contributed by atoms with Crippen LogP contribution in [0.25, 0.3) is 0 Å². The van der Waals surface area contributed by atoms with Crippen molar-refractivity contribution in [2.75, 3.05) is 19.8 Å². The zero-order chi connectivity index (χ0) is 22.6. The van der Waals surface area contributed by atoms with E-state index in [9.17, 15) is 14.4 Å². The van der Waals surface area contributed by atoms with Crippen molar-refractivity contribution < 1.29 is 29.0 Å². The number of esters is 1. The lowest BCUT2D eigenvalue weighted by molar-refractivity contribution is -0.145. The van der Waals surface area contributed by atoms with Crippen LogP contribution in [-0.4, -0.2) is 42.7 Å². The normalized spacial score (nSPS) is 10.6. The molecule has 1 amide bonds. The Balaban J connectivity index is 1.81. The quantitative estimate of drug-likeness (QED) is 0.249. The summed E-state index contributed by atoms with van der Waals surface area (Å²) in [6.45, 7) is 1.27. The molecule has 7 nitrogen and oxygen atoms in total.